The lowest BCUT2D eigenvalue weighted by molar-refractivity contribution is -0.146. The topological polar surface area (TPSA) is 121 Å². The zero-order chi connectivity index (χ0) is 34.9. The number of carbonyl (C=O) groups excluding carboxylic acids is 2. The van der Waals surface area contributed by atoms with E-state index in [1.54, 1.807) is 40.6 Å². The molecule has 5 aromatic rings. The maximum Gasteiger partial charge on any atom is 0.264 e. The zero-order valence-corrected chi connectivity index (χ0v) is 28.2. The summed E-state index contributed by atoms with van der Waals surface area (Å²) >= 11 is 0. The van der Waals surface area contributed by atoms with Crippen LogP contribution in [0.25, 0.3) is 10.8 Å². The Balaban J connectivity index is 1.16. The first-order valence-corrected chi connectivity index (χ1v) is 17.0. The van der Waals surface area contributed by atoms with Crippen molar-refractivity contribution < 1.29 is 24.5 Å². The van der Waals surface area contributed by atoms with Gasteiger partial charge in [-0.3, -0.25) is 19.2 Å². The molecule has 50 heavy (non-hydrogen) atoms. The molecule has 3 aliphatic heterocycles. The monoisotopic (exact) mass is 669 g/mol. The molecule has 0 saturated carbocycles. The number of aromatic nitrogens is 3. The van der Waals surface area contributed by atoms with E-state index in [9.17, 15) is 19.8 Å². The summed E-state index contributed by atoms with van der Waals surface area (Å²) in [5.41, 5.74) is 1.95. The van der Waals surface area contributed by atoms with E-state index in [1.165, 1.54) is 0 Å². The average molecular weight is 670 g/mol. The summed E-state index contributed by atoms with van der Waals surface area (Å²) in [6, 6.07) is 26.6. The maximum atomic E-state index is 14.7. The van der Waals surface area contributed by atoms with Gasteiger partial charge in [-0.1, -0.05) is 72.8 Å². The number of anilines is 3. The van der Waals surface area contributed by atoms with Crippen LogP contribution in [0.1, 0.15) is 60.5 Å². The van der Waals surface area contributed by atoms with Crippen molar-refractivity contribution in [3.05, 3.63) is 126 Å². The minimum absolute atomic E-state index is 0.129. The van der Waals surface area contributed by atoms with Crippen LogP contribution in [0.2, 0.25) is 0 Å². The van der Waals surface area contributed by atoms with Gasteiger partial charge in [0.05, 0.1) is 34.8 Å². The highest BCUT2D eigenvalue weighted by Crippen LogP contribution is 2.58. The van der Waals surface area contributed by atoms with Crippen molar-refractivity contribution in [2.45, 2.75) is 57.1 Å². The smallest absolute Gasteiger partial charge is 0.264 e. The van der Waals surface area contributed by atoms with Crippen molar-refractivity contribution in [2.75, 3.05) is 16.3 Å². The first kappa shape index (κ1) is 32.1. The number of aliphatic hydroxyl groups is 2. The second-order valence-corrected chi connectivity index (χ2v) is 14.1. The number of aliphatic hydroxyl groups excluding tert-OH is 1. The molecular weight excluding hydrogens is 630 g/mol. The van der Waals surface area contributed by atoms with Crippen LogP contribution in [0.3, 0.4) is 0 Å². The lowest BCUT2D eigenvalue weighted by atomic mass is 9.70. The quantitative estimate of drug-likeness (QED) is 0.184. The number of benzene rings is 4. The summed E-state index contributed by atoms with van der Waals surface area (Å²) in [6.07, 6.45) is 2.38. The number of nitrogens with zero attached hydrogens (tertiary/aromatic N) is 5. The number of fused-ring (bicyclic) bond motifs is 2. The Morgan fingerprint density at radius 2 is 1.78 bits per heavy atom. The number of ether oxygens (including phenoxy) is 1. The Kier molecular flexibility index (Phi) is 7.52. The van der Waals surface area contributed by atoms with Crippen LogP contribution >= 0.6 is 0 Å². The molecule has 1 fully saturated rings. The van der Waals surface area contributed by atoms with Crippen LogP contribution in [-0.4, -0.2) is 55.3 Å². The highest BCUT2D eigenvalue weighted by molar-refractivity contribution is 6.28. The fourth-order valence-corrected chi connectivity index (χ4v) is 8.57. The van der Waals surface area contributed by atoms with E-state index in [2.05, 4.69) is 16.9 Å². The van der Waals surface area contributed by atoms with E-state index in [4.69, 9.17) is 4.74 Å². The standard InChI is InChI=1S/C40H39N5O5/c1-5-20-44-31-18-17-27(45-32-16-10-14-25-13-9-15-28(34(25)32)37(45)47)22-29(31)40(38(44)48)24(2)35(39(3,4)49)33(50-40)19-21-43-23-30(41-42-43)36(46)26-11-7-6-8-12-26/h5-18,22-24,33,35-36,46,49H,1,19-21H2,2-4H3/t24-,33+,35-,36+,40+/m0/s1. The van der Waals surface area contributed by atoms with Gasteiger partial charge in [0.25, 0.3) is 11.8 Å². The largest absolute Gasteiger partial charge is 0.390 e. The highest BCUT2D eigenvalue weighted by atomic mass is 16.5. The Morgan fingerprint density at radius 1 is 1.02 bits per heavy atom. The molecule has 1 saturated heterocycles. The third-order valence-electron chi connectivity index (χ3n) is 10.7. The Morgan fingerprint density at radius 3 is 2.52 bits per heavy atom. The van der Waals surface area contributed by atoms with Crippen LogP contribution in [0.15, 0.2) is 104 Å². The van der Waals surface area contributed by atoms with Gasteiger partial charge < -0.3 is 19.8 Å². The van der Waals surface area contributed by atoms with Crippen molar-refractivity contribution in [3.8, 4) is 0 Å². The molecule has 2 amide bonds. The molecule has 4 aromatic carbocycles. The molecule has 0 bridgehead atoms. The molecule has 0 radical (unpaired) electrons. The van der Waals surface area contributed by atoms with Gasteiger partial charge in [0.1, 0.15) is 11.8 Å². The summed E-state index contributed by atoms with van der Waals surface area (Å²) in [5.74, 6) is -1.22. The lowest BCUT2D eigenvalue weighted by Gasteiger charge is -2.34. The normalized spacial score (nSPS) is 23.3. The first-order chi connectivity index (χ1) is 24.0. The Labute approximate surface area is 290 Å². The second kappa shape index (κ2) is 11.7. The molecule has 3 aliphatic rings. The number of aryl methyl sites for hydroxylation is 1. The van der Waals surface area contributed by atoms with Gasteiger partial charge in [0, 0.05) is 41.6 Å². The average Bonchev–Trinajstić information content (AvgIpc) is 3.84. The SMILES string of the molecule is C=CCN1C(=O)[C@]2(O[C@H](CCn3cc([C@H](O)c4ccccc4)nn3)[C@@H](C(C)(C)O)[C@@H]2C)c2cc(N3C(=O)c4cccc5cccc3c45)ccc21. The summed E-state index contributed by atoms with van der Waals surface area (Å²) in [5, 5.41) is 32.8. The van der Waals surface area contributed by atoms with Crippen molar-refractivity contribution in [1.29, 1.82) is 0 Å². The summed E-state index contributed by atoms with van der Waals surface area (Å²) in [4.78, 5) is 32.0. The van der Waals surface area contributed by atoms with E-state index in [-0.39, 0.29) is 18.4 Å². The predicted molar refractivity (Wildman–Crippen MR) is 190 cm³/mol. The van der Waals surface area contributed by atoms with Gasteiger partial charge in [0.2, 0.25) is 0 Å². The number of carbonyl (C=O) groups is 2. The Hall–Kier alpha value is -5.16. The first-order valence-electron chi connectivity index (χ1n) is 17.0. The molecule has 8 rings (SSSR count). The fraction of sp³-hybridized carbons (Fsp3) is 0.300. The van der Waals surface area contributed by atoms with Gasteiger partial charge in [-0.05, 0) is 61.5 Å². The molecule has 10 nitrogen and oxygen atoms in total. The maximum absolute atomic E-state index is 14.7. The van der Waals surface area contributed by atoms with E-state index in [0.717, 1.165) is 22.0 Å². The predicted octanol–water partition coefficient (Wildman–Crippen LogP) is 6.05. The van der Waals surface area contributed by atoms with Crippen molar-refractivity contribution >= 4 is 39.6 Å². The molecule has 0 aliphatic carbocycles. The van der Waals surface area contributed by atoms with Crippen LogP contribution in [-0.2, 0) is 21.7 Å². The summed E-state index contributed by atoms with van der Waals surface area (Å²) < 4.78 is 8.64. The fourth-order valence-electron chi connectivity index (χ4n) is 8.57. The van der Waals surface area contributed by atoms with E-state index in [1.807, 2.05) is 91.9 Å². The van der Waals surface area contributed by atoms with Crippen LogP contribution in [0, 0.1) is 11.8 Å². The third-order valence-corrected chi connectivity index (χ3v) is 10.7. The molecule has 254 valence electrons. The second-order valence-electron chi connectivity index (χ2n) is 14.1. The Bertz CT molecular complexity index is 2150. The van der Waals surface area contributed by atoms with Crippen molar-refractivity contribution in [1.82, 2.24) is 15.0 Å². The molecule has 1 aromatic heterocycles. The van der Waals surface area contributed by atoms with Gasteiger partial charge >= 0.3 is 0 Å². The van der Waals surface area contributed by atoms with Crippen LogP contribution in [0.4, 0.5) is 17.1 Å². The van der Waals surface area contributed by atoms with Gasteiger partial charge in [-0.25, -0.2) is 0 Å². The molecule has 10 heteroatoms. The molecule has 4 heterocycles. The van der Waals surface area contributed by atoms with E-state index < -0.39 is 35.2 Å². The number of hydrogen-bond acceptors (Lipinski definition) is 7. The number of hydrogen-bond donors (Lipinski definition) is 2. The molecule has 1 spiro atoms. The van der Waals surface area contributed by atoms with E-state index in [0.29, 0.717) is 41.2 Å². The molecule has 0 unspecified atom stereocenters. The van der Waals surface area contributed by atoms with Gasteiger partial charge in [-0.15, -0.1) is 11.7 Å². The number of amides is 2. The highest BCUT2D eigenvalue weighted by Gasteiger charge is 2.65. The third kappa shape index (κ3) is 4.74. The lowest BCUT2D eigenvalue weighted by Crippen LogP contribution is -2.46. The van der Waals surface area contributed by atoms with Crippen molar-refractivity contribution in [3.63, 3.8) is 0 Å². The minimum Gasteiger partial charge on any atom is -0.390 e. The number of rotatable bonds is 9. The minimum atomic E-state index is -1.41. The van der Waals surface area contributed by atoms with Gasteiger partial charge in [-0.2, -0.15) is 0 Å². The van der Waals surface area contributed by atoms with Crippen LogP contribution in [0.5, 0.6) is 0 Å². The molecule has 5 atom stereocenters. The zero-order valence-electron chi connectivity index (χ0n) is 28.2. The van der Waals surface area contributed by atoms with Crippen molar-refractivity contribution in [2.24, 2.45) is 11.8 Å². The summed E-state index contributed by atoms with van der Waals surface area (Å²) in [7, 11) is 0. The molecule has 2 N–H and O–H groups in total. The summed E-state index contributed by atoms with van der Waals surface area (Å²) in [6.45, 7) is 10.0. The van der Waals surface area contributed by atoms with Gasteiger partial charge in [0.15, 0.2) is 5.60 Å². The van der Waals surface area contributed by atoms with E-state index >= 15 is 0 Å². The van der Waals surface area contributed by atoms with Crippen LogP contribution < -0.4 is 9.80 Å². The molecular formula is C40H39N5O5.